The third-order valence-corrected chi connectivity index (χ3v) is 7.18. The summed E-state index contributed by atoms with van der Waals surface area (Å²) in [4.78, 5) is 2.88. The summed E-state index contributed by atoms with van der Waals surface area (Å²) in [5, 5.41) is 0. The molecule has 1 heterocycles. The van der Waals surface area contributed by atoms with E-state index in [9.17, 15) is 8.42 Å². The predicted molar refractivity (Wildman–Crippen MR) is 111 cm³/mol. The maximum Gasteiger partial charge on any atom is 0.240 e. The van der Waals surface area contributed by atoms with E-state index in [-0.39, 0.29) is 5.92 Å². The molecule has 154 valence electrons. The van der Waals surface area contributed by atoms with E-state index in [1.807, 2.05) is 26.8 Å². The molecule has 0 aromatic heterocycles. The number of rotatable bonds is 9. The predicted octanol–water partition coefficient (Wildman–Crippen LogP) is 4.06. The van der Waals surface area contributed by atoms with Gasteiger partial charge in [0.15, 0.2) is 0 Å². The smallest absolute Gasteiger partial charge is 0.240 e. The SMILES string of the molecule is CC[C@H]1CCCCN1CCCNS(=O)(=O)c1cc(C(C)C)c(OC)cc1C. The van der Waals surface area contributed by atoms with E-state index in [4.69, 9.17) is 4.74 Å². The second-order valence-electron chi connectivity index (χ2n) is 7.86. The molecule has 0 saturated carbocycles. The van der Waals surface area contributed by atoms with Gasteiger partial charge in [-0.2, -0.15) is 0 Å². The van der Waals surface area contributed by atoms with Crippen LogP contribution >= 0.6 is 0 Å². The van der Waals surface area contributed by atoms with Crippen molar-refractivity contribution in [1.82, 2.24) is 9.62 Å². The Morgan fingerprint density at radius 1 is 1.30 bits per heavy atom. The van der Waals surface area contributed by atoms with Crippen molar-refractivity contribution in [2.75, 3.05) is 26.7 Å². The fourth-order valence-electron chi connectivity index (χ4n) is 3.98. The molecule has 1 saturated heterocycles. The molecule has 1 aliphatic rings. The molecule has 1 N–H and O–H groups in total. The fourth-order valence-corrected chi connectivity index (χ4v) is 5.31. The van der Waals surface area contributed by atoms with Gasteiger partial charge in [0, 0.05) is 12.6 Å². The Hall–Kier alpha value is -1.11. The van der Waals surface area contributed by atoms with E-state index in [1.54, 1.807) is 13.2 Å². The Balaban J connectivity index is 2.01. The summed E-state index contributed by atoms with van der Waals surface area (Å²) in [6.45, 7) is 10.7. The molecular weight excluding hydrogens is 360 g/mol. The number of hydrogen-bond donors (Lipinski definition) is 1. The number of aryl methyl sites for hydroxylation is 1. The van der Waals surface area contributed by atoms with E-state index < -0.39 is 10.0 Å². The van der Waals surface area contributed by atoms with E-state index >= 15 is 0 Å². The minimum Gasteiger partial charge on any atom is -0.496 e. The first-order valence-corrected chi connectivity index (χ1v) is 11.7. The summed E-state index contributed by atoms with van der Waals surface area (Å²) in [5.74, 6) is 0.941. The van der Waals surface area contributed by atoms with Crippen molar-refractivity contribution >= 4 is 10.0 Å². The zero-order chi connectivity index (χ0) is 20.0. The van der Waals surface area contributed by atoms with Gasteiger partial charge in [0.2, 0.25) is 10.0 Å². The average molecular weight is 397 g/mol. The van der Waals surface area contributed by atoms with E-state index in [0.717, 1.165) is 30.8 Å². The summed E-state index contributed by atoms with van der Waals surface area (Å²) >= 11 is 0. The molecular formula is C21H36N2O3S. The van der Waals surface area contributed by atoms with Gasteiger partial charge in [-0.25, -0.2) is 13.1 Å². The second-order valence-corrected chi connectivity index (χ2v) is 9.59. The molecule has 1 aliphatic heterocycles. The molecule has 0 unspecified atom stereocenters. The van der Waals surface area contributed by atoms with Crippen molar-refractivity contribution in [3.05, 3.63) is 23.3 Å². The second kappa shape index (κ2) is 9.89. The van der Waals surface area contributed by atoms with Crippen LogP contribution in [0.1, 0.15) is 69.9 Å². The van der Waals surface area contributed by atoms with Crippen LogP contribution in [0.3, 0.4) is 0 Å². The third kappa shape index (κ3) is 5.69. The highest BCUT2D eigenvalue weighted by Gasteiger charge is 2.22. The first-order chi connectivity index (χ1) is 12.8. The first-order valence-electron chi connectivity index (χ1n) is 10.2. The molecule has 27 heavy (non-hydrogen) atoms. The maximum absolute atomic E-state index is 12.8. The molecule has 2 rings (SSSR count). The molecule has 1 aromatic rings. The molecule has 0 spiro atoms. The van der Waals surface area contributed by atoms with E-state index in [1.165, 1.54) is 25.7 Å². The number of methoxy groups -OCH3 is 1. The number of benzene rings is 1. The van der Waals surface area contributed by atoms with Gasteiger partial charge in [-0.05, 0) is 74.9 Å². The molecule has 0 amide bonds. The minimum atomic E-state index is -3.52. The number of likely N-dealkylation sites (tertiary alicyclic amines) is 1. The number of ether oxygens (including phenoxy) is 1. The van der Waals surface area contributed by atoms with Crippen LogP contribution in [-0.2, 0) is 10.0 Å². The summed E-state index contributed by atoms with van der Waals surface area (Å²) in [6, 6.07) is 4.25. The molecule has 0 bridgehead atoms. The standard InChI is InChI=1S/C21H36N2O3S/c1-6-18-10-7-8-12-23(18)13-9-11-22-27(24,25)21-15-19(16(2)3)20(26-5)14-17(21)4/h14-16,18,22H,6-13H2,1-5H3/t18-/m0/s1. The average Bonchev–Trinajstić information content (AvgIpc) is 2.64. The topological polar surface area (TPSA) is 58.6 Å². The summed E-state index contributed by atoms with van der Waals surface area (Å²) in [5.41, 5.74) is 1.63. The van der Waals surface area contributed by atoms with Crippen LogP contribution < -0.4 is 9.46 Å². The van der Waals surface area contributed by atoms with Crippen LogP contribution in [0, 0.1) is 6.92 Å². The van der Waals surface area contributed by atoms with Gasteiger partial charge < -0.3 is 9.64 Å². The Bertz CT molecular complexity index is 716. The van der Waals surface area contributed by atoms with Crippen LogP contribution in [0.5, 0.6) is 5.75 Å². The fraction of sp³-hybridized carbons (Fsp3) is 0.714. The van der Waals surface area contributed by atoms with E-state index in [0.29, 0.717) is 23.0 Å². The third-order valence-electron chi connectivity index (χ3n) is 5.57. The number of nitrogens with zero attached hydrogens (tertiary/aromatic N) is 1. The van der Waals surface area contributed by atoms with Crippen molar-refractivity contribution in [2.45, 2.75) is 76.7 Å². The summed E-state index contributed by atoms with van der Waals surface area (Å²) in [7, 11) is -1.90. The number of hydrogen-bond acceptors (Lipinski definition) is 4. The maximum atomic E-state index is 12.8. The molecule has 0 aliphatic carbocycles. The Morgan fingerprint density at radius 3 is 2.67 bits per heavy atom. The zero-order valence-electron chi connectivity index (χ0n) is 17.5. The van der Waals surface area contributed by atoms with Gasteiger partial charge >= 0.3 is 0 Å². The van der Waals surface area contributed by atoms with Gasteiger partial charge in [0.25, 0.3) is 0 Å². The molecule has 0 radical (unpaired) electrons. The lowest BCUT2D eigenvalue weighted by atomic mass is 10.00. The molecule has 6 heteroatoms. The monoisotopic (exact) mass is 396 g/mol. The van der Waals surface area contributed by atoms with Crippen LogP contribution in [-0.4, -0.2) is 46.1 Å². The Labute approximate surface area is 165 Å². The van der Waals surface area contributed by atoms with Crippen LogP contribution in [0.25, 0.3) is 0 Å². The number of sulfonamides is 1. The highest BCUT2D eigenvalue weighted by Crippen LogP contribution is 2.31. The lowest BCUT2D eigenvalue weighted by molar-refractivity contribution is 0.143. The summed E-state index contributed by atoms with van der Waals surface area (Å²) < 4.78 is 33.9. The van der Waals surface area contributed by atoms with Crippen molar-refractivity contribution < 1.29 is 13.2 Å². The number of piperidine rings is 1. The van der Waals surface area contributed by atoms with Crippen molar-refractivity contribution in [1.29, 1.82) is 0 Å². The lowest BCUT2D eigenvalue weighted by Crippen LogP contribution is -2.40. The molecule has 5 nitrogen and oxygen atoms in total. The highest BCUT2D eigenvalue weighted by molar-refractivity contribution is 7.89. The first kappa shape index (κ1) is 22.2. The van der Waals surface area contributed by atoms with Gasteiger partial charge in [-0.3, -0.25) is 0 Å². The normalized spacial score (nSPS) is 18.8. The molecule has 1 atom stereocenters. The highest BCUT2D eigenvalue weighted by atomic mass is 32.2. The molecule has 1 fully saturated rings. The largest absolute Gasteiger partial charge is 0.496 e. The van der Waals surface area contributed by atoms with E-state index in [2.05, 4.69) is 16.5 Å². The number of nitrogens with one attached hydrogen (secondary N) is 1. The van der Waals surface area contributed by atoms with Crippen molar-refractivity contribution in [3.63, 3.8) is 0 Å². The van der Waals surface area contributed by atoms with Crippen LogP contribution in [0.4, 0.5) is 0 Å². The van der Waals surface area contributed by atoms with Gasteiger partial charge in [-0.15, -0.1) is 0 Å². The quantitative estimate of drug-likeness (QED) is 0.640. The minimum absolute atomic E-state index is 0.194. The molecule has 1 aromatic carbocycles. The lowest BCUT2D eigenvalue weighted by Gasteiger charge is -2.35. The van der Waals surface area contributed by atoms with Crippen LogP contribution in [0.2, 0.25) is 0 Å². The Kier molecular flexibility index (Phi) is 8.13. The van der Waals surface area contributed by atoms with Gasteiger partial charge in [0.05, 0.1) is 12.0 Å². The van der Waals surface area contributed by atoms with Crippen molar-refractivity contribution in [2.24, 2.45) is 0 Å². The van der Waals surface area contributed by atoms with Gasteiger partial charge in [0.1, 0.15) is 5.75 Å². The van der Waals surface area contributed by atoms with Gasteiger partial charge in [-0.1, -0.05) is 27.2 Å². The zero-order valence-corrected chi connectivity index (χ0v) is 18.4. The van der Waals surface area contributed by atoms with Crippen LogP contribution in [0.15, 0.2) is 17.0 Å². The summed E-state index contributed by atoms with van der Waals surface area (Å²) in [6.07, 6.45) is 5.85. The Morgan fingerprint density at radius 2 is 2.04 bits per heavy atom. The van der Waals surface area contributed by atoms with Crippen molar-refractivity contribution in [3.8, 4) is 5.75 Å².